The molecular formula is C36H54N2S2. The minimum absolute atomic E-state index is 0.126. The van der Waals surface area contributed by atoms with E-state index in [0.717, 1.165) is 12.8 Å². The van der Waals surface area contributed by atoms with Crippen LogP contribution in [0, 0.1) is 0 Å². The van der Waals surface area contributed by atoms with Gasteiger partial charge in [-0.3, -0.25) is 9.98 Å². The molecule has 3 rings (SSSR count). The van der Waals surface area contributed by atoms with Crippen molar-refractivity contribution in [1.29, 1.82) is 0 Å². The molecule has 1 fully saturated rings. The molecule has 2 nitrogen and oxygen atoms in total. The Labute approximate surface area is 254 Å². The number of nitrogens with zero attached hydrogens (tertiary/aromatic N) is 2. The third-order valence-electron chi connectivity index (χ3n) is 7.10. The van der Waals surface area contributed by atoms with Gasteiger partial charge in [-0.25, -0.2) is 0 Å². The number of hydrogen-bond donors (Lipinski definition) is 0. The summed E-state index contributed by atoms with van der Waals surface area (Å²) >= 11 is 3.88. The molecule has 0 heterocycles. The monoisotopic (exact) mass is 578 g/mol. The molecule has 2 aromatic rings. The lowest BCUT2D eigenvalue weighted by Gasteiger charge is -2.27. The summed E-state index contributed by atoms with van der Waals surface area (Å²) in [5.74, 6) is 0. The summed E-state index contributed by atoms with van der Waals surface area (Å²) in [6, 6.07) is 14.3. The Bertz CT molecular complexity index is 1100. The standard InChI is InChI=1S/C36H54N2S2/c1-33(2,3)27-19-17-25(31(21-27)39-35(7,8)9)23-37-29-15-13-14-16-30(29)38-24-26-18-20-28(34(4,5)6)22-32(26)40-36(10,11)12/h17-24,29-30H,13-16H2,1-12H3/t29-,30-/m1/s1. The van der Waals surface area contributed by atoms with Crippen LogP contribution in [0.15, 0.2) is 56.2 Å². The van der Waals surface area contributed by atoms with Crippen LogP contribution in [0.4, 0.5) is 0 Å². The maximum Gasteiger partial charge on any atom is 0.0723 e. The number of rotatable bonds is 6. The van der Waals surface area contributed by atoms with E-state index in [0.29, 0.717) is 0 Å². The van der Waals surface area contributed by atoms with Crippen molar-refractivity contribution in [2.75, 3.05) is 0 Å². The topological polar surface area (TPSA) is 24.7 Å². The highest BCUT2D eigenvalue weighted by Crippen LogP contribution is 2.38. The van der Waals surface area contributed by atoms with Gasteiger partial charge in [-0.2, -0.15) is 0 Å². The second-order valence-corrected chi connectivity index (χ2v) is 19.1. The lowest BCUT2D eigenvalue weighted by molar-refractivity contribution is 0.390. The lowest BCUT2D eigenvalue weighted by Crippen LogP contribution is -2.27. The normalized spacial score (nSPS) is 19.6. The molecule has 1 aliphatic carbocycles. The molecule has 0 N–H and O–H groups in total. The van der Waals surface area contributed by atoms with Crippen LogP contribution >= 0.6 is 23.5 Å². The van der Waals surface area contributed by atoms with E-state index in [2.05, 4.69) is 132 Å². The molecule has 1 aliphatic rings. The molecule has 2 atom stereocenters. The molecule has 1 saturated carbocycles. The van der Waals surface area contributed by atoms with Gasteiger partial charge in [-0.15, -0.1) is 23.5 Å². The average molecular weight is 579 g/mol. The molecule has 4 heteroatoms. The first-order valence-corrected chi connectivity index (χ1v) is 16.7. The molecule has 0 spiro atoms. The highest BCUT2D eigenvalue weighted by Gasteiger charge is 2.25. The Kier molecular flexibility index (Phi) is 10.5. The van der Waals surface area contributed by atoms with Crippen LogP contribution in [0.3, 0.4) is 0 Å². The third-order valence-corrected chi connectivity index (χ3v) is 9.47. The fourth-order valence-corrected chi connectivity index (χ4v) is 7.01. The molecule has 0 saturated heterocycles. The Morgan fingerprint density at radius 1 is 0.575 bits per heavy atom. The van der Waals surface area contributed by atoms with Gasteiger partial charge >= 0.3 is 0 Å². The fraction of sp³-hybridized carbons (Fsp3) is 0.611. The first kappa shape index (κ1) is 33.0. The van der Waals surface area contributed by atoms with Gasteiger partial charge in [-0.05, 0) is 46.9 Å². The van der Waals surface area contributed by atoms with E-state index in [9.17, 15) is 0 Å². The summed E-state index contributed by atoms with van der Waals surface area (Å²) in [4.78, 5) is 13.0. The van der Waals surface area contributed by atoms with Crippen LogP contribution in [0.5, 0.6) is 0 Å². The van der Waals surface area contributed by atoms with E-state index in [1.807, 2.05) is 23.5 Å². The van der Waals surface area contributed by atoms with Crippen molar-refractivity contribution < 1.29 is 0 Å². The third kappa shape index (κ3) is 10.1. The van der Waals surface area contributed by atoms with E-state index in [4.69, 9.17) is 9.98 Å². The Morgan fingerprint density at radius 2 is 0.925 bits per heavy atom. The van der Waals surface area contributed by atoms with Crippen molar-refractivity contribution in [2.45, 2.75) is 151 Å². The summed E-state index contributed by atoms with van der Waals surface area (Å²) in [6.07, 6.45) is 8.94. The van der Waals surface area contributed by atoms with Crippen LogP contribution in [-0.4, -0.2) is 34.0 Å². The largest absolute Gasteiger partial charge is 0.287 e. The molecule has 0 radical (unpaired) electrons. The molecule has 0 aliphatic heterocycles. The molecule has 2 aromatic carbocycles. The van der Waals surface area contributed by atoms with Crippen molar-refractivity contribution in [3.05, 3.63) is 58.7 Å². The first-order chi connectivity index (χ1) is 18.3. The van der Waals surface area contributed by atoms with Crippen molar-refractivity contribution in [3.63, 3.8) is 0 Å². The summed E-state index contributed by atoms with van der Waals surface area (Å²) in [5.41, 5.74) is 5.45. The average Bonchev–Trinajstić information content (AvgIpc) is 2.79. The number of benzene rings is 2. The van der Waals surface area contributed by atoms with E-state index < -0.39 is 0 Å². The van der Waals surface area contributed by atoms with E-state index >= 15 is 0 Å². The zero-order valence-corrected chi connectivity index (χ0v) is 28.9. The van der Waals surface area contributed by atoms with Crippen molar-refractivity contribution in [3.8, 4) is 0 Å². The number of hydrogen-bond acceptors (Lipinski definition) is 4. The predicted octanol–water partition coefficient (Wildman–Crippen LogP) is 10.9. The highest BCUT2D eigenvalue weighted by molar-refractivity contribution is 8.01. The Morgan fingerprint density at radius 3 is 1.23 bits per heavy atom. The van der Waals surface area contributed by atoms with Crippen molar-refractivity contribution >= 4 is 36.0 Å². The minimum Gasteiger partial charge on any atom is -0.287 e. The lowest BCUT2D eigenvalue weighted by atomic mass is 9.86. The summed E-state index contributed by atoms with van der Waals surface area (Å²) in [5, 5.41) is 0. The molecule has 40 heavy (non-hydrogen) atoms. The van der Waals surface area contributed by atoms with E-state index in [1.165, 1.54) is 44.9 Å². The van der Waals surface area contributed by atoms with Crippen LogP contribution in [0.1, 0.15) is 131 Å². The molecular weight excluding hydrogens is 525 g/mol. The van der Waals surface area contributed by atoms with Gasteiger partial charge in [0, 0.05) is 42.8 Å². The van der Waals surface area contributed by atoms with Gasteiger partial charge in [0.05, 0.1) is 12.1 Å². The van der Waals surface area contributed by atoms with Gasteiger partial charge in [0.25, 0.3) is 0 Å². The maximum absolute atomic E-state index is 5.20. The van der Waals surface area contributed by atoms with Gasteiger partial charge in [0.1, 0.15) is 0 Å². The smallest absolute Gasteiger partial charge is 0.0723 e. The molecule has 0 aromatic heterocycles. The molecule has 220 valence electrons. The van der Waals surface area contributed by atoms with Crippen LogP contribution < -0.4 is 0 Å². The van der Waals surface area contributed by atoms with Crippen LogP contribution in [0.25, 0.3) is 0 Å². The zero-order chi connectivity index (χ0) is 29.9. The van der Waals surface area contributed by atoms with Gasteiger partial charge in [0.2, 0.25) is 0 Å². The minimum atomic E-state index is 0.126. The second kappa shape index (κ2) is 12.8. The van der Waals surface area contributed by atoms with E-state index in [1.54, 1.807) is 0 Å². The van der Waals surface area contributed by atoms with Crippen LogP contribution in [-0.2, 0) is 10.8 Å². The zero-order valence-electron chi connectivity index (χ0n) is 27.3. The van der Waals surface area contributed by atoms with Gasteiger partial charge in [0.15, 0.2) is 0 Å². The summed E-state index contributed by atoms with van der Waals surface area (Å²) in [7, 11) is 0. The van der Waals surface area contributed by atoms with Gasteiger partial charge in [-0.1, -0.05) is 120 Å². The van der Waals surface area contributed by atoms with E-state index in [-0.39, 0.29) is 32.4 Å². The first-order valence-electron chi connectivity index (χ1n) is 15.1. The molecule has 0 amide bonds. The molecule has 0 unspecified atom stereocenters. The fourth-order valence-electron chi connectivity index (χ4n) is 4.84. The summed E-state index contributed by atoms with van der Waals surface area (Å²) < 4.78 is 0.282. The SMILES string of the molecule is CC(C)(C)Sc1cc(C(C)(C)C)ccc1C=N[C@@H]1CCCC[C@H]1N=Cc1ccc(C(C)(C)C)cc1SC(C)(C)C. The Hall–Kier alpha value is -1.52. The Balaban J connectivity index is 1.90. The second-order valence-electron chi connectivity index (χ2n) is 15.4. The maximum atomic E-state index is 5.20. The van der Waals surface area contributed by atoms with Crippen LogP contribution in [0.2, 0.25) is 0 Å². The van der Waals surface area contributed by atoms with Crippen molar-refractivity contribution in [1.82, 2.24) is 0 Å². The van der Waals surface area contributed by atoms with Gasteiger partial charge < -0.3 is 0 Å². The molecule has 0 bridgehead atoms. The highest BCUT2D eigenvalue weighted by atomic mass is 32.2. The predicted molar refractivity (Wildman–Crippen MR) is 183 cm³/mol. The quantitative estimate of drug-likeness (QED) is 0.251. The summed E-state index contributed by atoms with van der Waals surface area (Å²) in [6.45, 7) is 27.4. The number of thioether (sulfide) groups is 2. The number of aliphatic imine (C=N–C) groups is 2. The van der Waals surface area contributed by atoms with Crippen molar-refractivity contribution in [2.24, 2.45) is 9.98 Å².